The molecule has 0 unspecified atom stereocenters. The normalized spacial score (nSPS) is 10.4. The van der Waals surface area contributed by atoms with E-state index >= 15 is 0 Å². The molecule has 1 heterocycles. The van der Waals surface area contributed by atoms with Crippen LogP contribution in [0.2, 0.25) is 0 Å². The van der Waals surface area contributed by atoms with Gasteiger partial charge in [-0.2, -0.15) is 5.10 Å². The zero-order valence-electron chi connectivity index (χ0n) is 7.55. The van der Waals surface area contributed by atoms with Crippen LogP contribution in [0.4, 0.5) is 4.79 Å². The first-order chi connectivity index (χ1) is 6.65. The van der Waals surface area contributed by atoms with Crippen molar-refractivity contribution < 1.29 is 19.1 Å². The molecule has 14 heavy (non-hydrogen) atoms. The second-order valence-electron chi connectivity index (χ2n) is 2.26. The van der Waals surface area contributed by atoms with E-state index in [4.69, 9.17) is 0 Å². The van der Waals surface area contributed by atoms with Crippen LogP contribution < -0.4 is 10.3 Å². The Morgan fingerprint density at radius 3 is 3.07 bits per heavy atom. The van der Waals surface area contributed by atoms with Gasteiger partial charge in [-0.15, -0.1) is 0 Å². The van der Waals surface area contributed by atoms with Gasteiger partial charge >= 0.3 is 6.09 Å². The minimum atomic E-state index is -0.711. The number of hydrogen-bond donors (Lipinski definition) is 1. The Hall–Kier alpha value is -2.12. The molecule has 0 bridgehead atoms. The van der Waals surface area contributed by atoms with Crippen LogP contribution in [0, 0.1) is 12.1 Å². The number of hydrogen-bond acceptors (Lipinski definition) is 6. The molecule has 8 nitrogen and oxygen atoms in total. The molecule has 1 amide bonds. The number of aromatic nitrogens is 2. The van der Waals surface area contributed by atoms with Crippen LogP contribution in [0.3, 0.4) is 0 Å². The quantitative estimate of drug-likeness (QED) is 0.386. The van der Waals surface area contributed by atoms with Crippen LogP contribution >= 0.6 is 0 Å². The fourth-order valence-electron chi connectivity index (χ4n) is 0.611. The van der Waals surface area contributed by atoms with Crippen molar-refractivity contribution in [1.82, 2.24) is 10.6 Å². The minimum Gasteiger partial charge on any atom is -0.452 e. The fraction of sp³-hybridized carbons (Fsp3) is 0.333. The first-order valence-corrected chi connectivity index (χ1v) is 3.58. The summed E-state index contributed by atoms with van der Waals surface area (Å²) >= 11 is 0. The minimum absolute atomic E-state index is 0.233. The average Bonchev–Trinajstić information content (AvgIpc) is 2.49. The highest BCUT2D eigenvalue weighted by Gasteiger charge is 2.10. The van der Waals surface area contributed by atoms with E-state index in [1.165, 1.54) is 20.2 Å². The van der Waals surface area contributed by atoms with Gasteiger partial charge in [-0.05, 0) is 4.90 Å². The van der Waals surface area contributed by atoms with Gasteiger partial charge in [0.05, 0.1) is 7.11 Å². The van der Waals surface area contributed by atoms with Crippen molar-refractivity contribution in [1.29, 1.82) is 0 Å². The van der Waals surface area contributed by atoms with E-state index in [1.807, 2.05) is 5.43 Å². The Kier molecular flexibility index (Phi) is 3.00. The highest BCUT2D eigenvalue weighted by Crippen LogP contribution is 1.93. The molecule has 0 aromatic carbocycles. The maximum absolute atomic E-state index is 10.7. The van der Waals surface area contributed by atoms with Gasteiger partial charge in [0.1, 0.15) is 6.21 Å². The summed E-state index contributed by atoms with van der Waals surface area (Å²) in [7, 11) is 1.21. The Balaban J connectivity index is 2.60. The molecular formula is C6H8N4O4. The maximum atomic E-state index is 10.7. The first kappa shape index (κ1) is 9.96. The topological polar surface area (TPSA) is 104 Å². The van der Waals surface area contributed by atoms with Gasteiger partial charge in [0.2, 0.25) is 5.69 Å². The average molecular weight is 200 g/mol. The molecule has 1 N–H and O–H groups in total. The molecule has 76 valence electrons. The van der Waals surface area contributed by atoms with Gasteiger partial charge < -0.3 is 9.94 Å². The molecule has 0 radical (unpaired) electrons. The van der Waals surface area contributed by atoms with Gasteiger partial charge in [-0.1, -0.05) is 0 Å². The number of nitrogens with one attached hydrogen (secondary N) is 1. The summed E-state index contributed by atoms with van der Waals surface area (Å²) in [6.07, 6.45) is 0.460. The second kappa shape index (κ2) is 4.21. The van der Waals surface area contributed by atoms with Crippen molar-refractivity contribution in [3.63, 3.8) is 0 Å². The summed E-state index contributed by atoms with van der Waals surface area (Å²) in [5.41, 5.74) is 2.52. The molecule has 0 atom stereocenters. The molecule has 0 saturated carbocycles. The SMILES string of the molecule is COC(=O)N/N=C/c1no[n+]([O-])c1C. The third-order valence-electron chi connectivity index (χ3n) is 1.39. The highest BCUT2D eigenvalue weighted by molar-refractivity contribution is 5.78. The maximum Gasteiger partial charge on any atom is 0.427 e. The fourth-order valence-corrected chi connectivity index (χ4v) is 0.611. The Labute approximate surface area is 78.7 Å². The van der Waals surface area contributed by atoms with Crippen LogP contribution in [0.5, 0.6) is 0 Å². The molecule has 8 heteroatoms. The van der Waals surface area contributed by atoms with Gasteiger partial charge in [0.15, 0.2) is 0 Å². The molecule has 0 fully saturated rings. The van der Waals surface area contributed by atoms with Crippen molar-refractivity contribution in [2.24, 2.45) is 5.10 Å². The monoisotopic (exact) mass is 200 g/mol. The number of amides is 1. The number of ether oxygens (including phenoxy) is 1. The van der Waals surface area contributed by atoms with E-state index in [-0.39, 0.29) is 16.3 Å². The van der Waals surface area contributed by atoms with E-state index in [2.05, 4.69) is 19.6 Å². The Bertz CT molecular complexity index is 359. The van der Waals surface area contributed by atoms with Crippen molar-refractivity contribution in [3.05, 3.63) is 16.6 Å². The van der Waals surface area contributed by atoms with Crippen LogP contribution in [0.15, 0.2) is 9.73 Å². The smallest absolute Gasteiger partial charge is 0.427 e. The number of carbonyl (C=O) groups is 1. The molecule has 1 aromatic rings. The van der Waals surface area contributed by atoms with Gasteiger partial charge in [-0.25, -0.2) is 10.2 Å². The molecule has 0 aliphatic rings. The number of nitrogens with zero attached hydrogens (tertiary/aromatic N) is 3. The van der Waals surface area contributed by atoms with Gasteiger partial charge in [0, 0.05) is 12.1 Å². The summed E-state index contributed by atoms with van der Waals surface area (Å²) in [5.74, 6) is 0. The molecular weight excluding hydrogens is 192 g/mol. The predicted octanol–water partition coefficient (Wildman–Crippen LogP) is -0.694. The number of methoxy groups -OCH3 is 1. The third kappa shape index (κ3) is 2.19. The van der Waals surface area contributed by atoms with E-state index in [0.29, 0.717) is 0 Å². The zero-order chi connectivity index (χ0) is 10.6. The van der Waals surface area contributed by atoms with Crippen molar-refractivity contribution >= 4 is 12.3 Å². The summed E-state index contributed by atoms with van der Waals surface area (Å²) in [6.45, 7) is 1.50. The largest absolute Gasteiger partial charge is 0.452 e. The van der Waals surface area contributed by atoms with E-state index < -0.39 is 6.09 Å². The lowest BCUT2D eigenvalue weighted by molar-refractivity contribution is -0.806. The molecule has 1 rings (SSSR count). The molecule has 1 aromatic heterocycles. The van der Waals surface area contributed by atoms with Crippen LogP contribution in [-0.2, 0) is 4.74 Å². The Morgan fingerprint density at radius 2 is 2.57 bits per heavy atom. The standard InChI is InChI=1S/C6H8N4O4/c1-4-5(9-14-10(4)12)3-7-8-6(11)13-2/h3H,1-2H3,(H,8,11)/b7-3+. The van der Waals surface area contributed by atoms with Crippen LogP contribution in [0.1, 0.15) is 11.4 Å². The lowest BCUT2D eigenvalue weighted by Crippen LogP contribution is -2.26. The summed E-state index contributed by atoms with van der Waals surface area (Å²) in [4.78, 5) is 10.8. The van der Waals surface area contributed by atoms with Crippen LogP contribution in [-0.4, -0.2) is 24.6 Å². The molecule has 0 aliphatic heterocycles. The van der Waals surface area contributed by atoms with E-state index in [1.54, 1.807) is 0 Å². The van der Waals surface area contributed by atoms with E-state index in [0.717, 1.165) is 0 Å². The van der Waals surface area contributed by atoms with E-state index in [9.17, 15) is 10.0 Å². The van der Waals surface area contributed by atoms with Crippen LogP contribution in [0.25, 0.3) is 0 Å². The van der Waals surface area contributed by atoms with Crippen molar-refractivity contribution in [3.8, 4) is 0 Å². The molecule has 0 saturated heterocycles. The van der Waals surface area contributed by atoms with Gasteiger partial charge in [-0.3, -0.25) is 4.63 Å². The third-order valence-corrected chi connectivity index (χ3v) is 1.39. The number of rotatable bonds is 2. The lowest BCUT2D eigenvalue weighted by atomic mass is 10.4. The Morgan fingerprint density at radius 1 is 1.86 bits per heavy atom. The second-order valence-corrected chi connectivity index (χ2v) is 2.26. The predicted molar refractivity (Wildman–Crippen MR) is 43.3 cm³/mol. The number of hydrazone groups is 1. The summed E-state index contributed by atoms with van der Waals surface area (Å²) in [5, 5.41) is 17.5. The lowest BCUT2D eigenvalue weighted by Gasteiger charge is -1.92. The number of carbonyl (C=O) groups excluding carboxylic acids is 1. The van der Waals surface area contributed by atoms with Crippen molar-refractivity contribution in [2.45, 2.75) is 6.92 Å². The highest BCUT2D eigenvalue weighted by atomic mass is 16.8. The summed E-state index contributed by atoms with van der Waals surface area (Å²) < 4.78 is 8.50. The zero-order valence-corrected chi connectivity index (χ0v) is 7.55. The molecule has 0 aliphatic carbocycles. The van der Waals surface area contributed by atoms with Gasteiger partial charge in [0.25, 0.3) is 5.69 Å². The molecule has 0 spiro atoms. The first-order valence-electron chi connectivity index (χ1n) is 3.58. The summed E-state index contributed by atoms with van der Waals surface area (Å²) in [6, 6.07) is 0. The van der Waals surface area contributed by atoms with Crippen molar-refractivity contribution in [2.75, 3.05) is 7.11 Å².